The second-order valence-electron chi connectivity index (χ2n) is 12.4. The lowest BCUT2D eigenvalue weighted by Gasteiger charge is -2.27. The molecule has 2 aliphatic carbocycles. The maximum Gasteiger partial charge on any atom is 0.0659 e. The van der Waals surface area contributed by atoms with Gasteiger partial charge in [-0.25, -0.2) is 0 Å². The molecule has 206 valence electrons. The highest BCUT2D eigenvalue weighted by molar-refractivity contribution is 5.69. The first kappa shape index (κ1) is 27.2. The van der Waals surface area contributed by atoms with Gasteiger partial charge in [0.05, 0.1) is 22.8 Å². The molecule has 1 aromatic carbocycles. The van der Waals surface area contributed by atoms with E-state index in [0.29, 0.717) is 11.8 Å². The van der Waals surface area contributed by atoms with E-state index in [1.807, 2.05) is 0 Å². The number of nitrogens with one attached hydrogen (secondary N) is 2. The molecule has 5 rings (SSSR count). The second kappa shape index (κ2) is 13.6. The van der Waals surface area contributed by atoms with Crippen LogP contribution in [-0.2, 0) is 0 Å². The van der Waals surface area contributed by atoms with Crippen LogP contribution in [0, 0.1) is 11.8 Å². The first-order chi connectivity index (χ1) is 18.7. The van der Waals surface area contributed by atoms with Crippen molar-refractivity contribution in [3.05, 3.63) is 47.8 Å². The zero-order valence-corrected chi connectivity index (χ0v) is 24.0. The van der Waals surface area contributed by atoms with Crippen LogP contribution in [0.5, 0.6) is 0 Å². The molecule has 0 spiro atoms. The number of hydrogen-bond acceptors (Lipinski definition) is 2. The van der Waals surface area contributed by atoms with Crippen LogP contribution in [-0.4, -0.2) is 20.4 Å². The molecule has 2 heterocycles. The summed E-state index contributed by atoms with van der Waals surface area (Å²) in [4.78, 5) is 0. The zero-order chi connectivity index (χ0) is 26.2. The Morgan fingerprint density at radius 1 is 0.605 bits per heavy atom. The Bertz CT molecular complexity index is 1010. The number of hydrogen-bond donors (Lipinski definition) is 2. The fourth-order valence-electron chi connectivity index (χ4n) is 7.10. The summed E-state index contributed by atoms with van der Waals surface area (Å²) in [5, 5.41) is 16.2. The molecule has 38 heavy (non-hydrogen) atoms. The van der Waals surface area contributed by atoms with Gasteiger partial charge < -0.3 is 0 Å². The topological polar surface area (TPSA) is 57.4 Å². The summed E-state index contributed by atoms with van der Waals surface area (Å²) in [5.41, 5.74) is 7.19. The van der Waals surface area contributed by atoms with Gasteiger partial charge >= 0.3 is 0 Å². The monoisotopic (exact) mass is 514 g/mol. The second-order valence-corrected chi connectivity index (χ2v) is 12.4. The normalized spacial score (nSPS) is 24.1. The molecule has 0 bridgehead atoms. The zero-order valence-electron chi connectivity index (χ0n) is 24.0. The fraction of sp³-hybridized carbons (Fsp3) is 0.647. The molecule has 2 N–H and O–H groups in total. The first-order valence-corrected chi connectivity index (χ1v) is 15.9. The number of aromatic nitrogens is 4. The molecule has 2 fully saturated rings. The molecular formula is C34H50N4. The van der Waals surface area contributed by atoms with Crippen LogP contribution in [0.2, 0.25) is 0 Å². The molecule has 0 aliphatic heterocycles. The maximum atomic E-state index is 4.77. The van der Waals surface area contributed by atoms with Gasteiger partial charge in [0.15, 0.2) is 0 Å². The molecular weight excluding hydrogens is 464 g/mol. The van der Waals surface area contributed by atoms with Gasteiger partial charge in [-0.05, 0) is 81.4 Å². The van der Waals surface area contributed by atoms with Crippen LogP contribution in [0.15, 0.2) is 36.4 Å². The number of H-pyrrole nitrogens is 2. The van der Waals surface area contributed by atoms with Crippen molar-refractivity contribution in [2.75, 3.05) is 0 Å². The summed E-state index contributed by atoms with van der Waals surface area (Å²) >= 11 is 0. The summed E-state index contributed by atoms with van der Waals surface area (Å²) in [6, 6.07) is 13.4. The van der Waals surface area contributed by atoms with Crippen LogP contribution >= 0.6 is 0 Å². The molecule has 0 unspecified atom stereocenters. The summed E-state index contributed by atoms with van der Waals surface area (Å²) < 4.78 is 0. The number of aromatic amines is 2. The Balaban J connectivity index is 1.17. The average molecular weight is 515 g/mol. The van der Waals surface area contributed by atoms with E-state index in [1.165, 1.54) is 125 Å². The molecule has 3 aromatic rings. The van der Waals surface area contributed by atoms with Gasteiger partial charge in [0, 0.05) is 23.0 Å². The van der Waals surface area contributed by atoms with E-state index in [2.05, 4.69) is 60.4 Å². The van der Waals surface area contributed by atoms with E-state index >= 15 is 0 Å². The van der Waals surface area contributed by atoms with Crippen molar-refractivity contribution in [2.45, 2.75) is 128 Å². The van der Waals surface area contributed by atoms with E-state index in [9.17, 15) is 0 Å². The summed E-state index contributed by atoms with van der Waals surface area (Å²) in [5.74, 6) is 3.10. The maximum absolute atomic E-state index is 4.77. The van der Waals surface area contributed by atoms with Crippen molar-refractivity contribution < 1.29 is 0 Å². The van der Waals surface area contributed by atoms with Gasteiger partial charge in [0.2, 0.25) is 0 Å². The largest absolute Gasteiger partial charge is 0.278 e. The minimum Gasteiger partial charge on any atom is -0.278 e. The van der Waals surface area contributed by atoms with Gasteiger partial charge in [-0.2, -0.15) is 10.2 Å². The van der Waals surface area contributed by atoms with E-state index in [1.54, 1.807) is 0 Å². The van der Waals surface area contributed by atoms with E-state index < -0.39 is 0 Å². The van der Waals surface area contributed by atoms with E-state index in [4.69, 9.17) is 10.2 Å². The Kier molecular flexibility index (Phi) is 9.76. The van der Waals surface area contributed by atoms with Crippen LogP contribution in [0.25, 0.3) is 22.5 Å². The SMILES string of the molecule is CCCCC[C@H]1CC[C@@H](c2cc(-c3cccc(-c4cc([C@H]5CC[C@@H](CCCCC)CC5)n[nH]4)c3)[nH]n2)CC1. The van der Waals surface area contributed by atoms with E-state index in [-0.39, 0.29) is 0 Å². The third-order valence-corrected chi connectivity index (χ3v) is 9.64. The molecule has 0 amide bonds. The van der Waals surface area contributed by atoms with Gasteiger partial charge in [-0.15, -0.1) is 0 Å². The van der Waals surface area contributed by atoms with Crippen molar-refractivity contribution in [1.82, 2.24) is 20.4 Å². The molecule has 4 heteroatoms. The standard InChI is InChI=1S/C34H50N4/c1-3-5-7-10-25-14-18-27(19-15-25)31-23-33(37-35-31)29-12-9-13-30(22-29)34-24-32(36-38-34)28-20-16-26(17-21-28)11-8-6-4-2/h9,12-13,22-28H,3-8,10-11,14-21H2,1-2H3,(H,35,37)(H,36,38)/t25-,26-,27+,28+. The molecule has 0 saturated heterocycles. The Morgan fingerprint density at radius 2 is 1.05 bits per heavy atom. The molecule has 2 aliphatic rings. The summed E-state index contributed by atoms with van der Waals surface area (Å²) in [6.07, 6.45) is 21.7. The van der Waals surface area contributed by atoms with Crippen molar-refractivity contribution in [3.8, 4) is 22.5 Å². The van der Waals surface area contributed by atoms with Gasteiger partial charge in [0.1, 0.15) is 0 Å². The molecule has 0 atom stereocenters. The third kappa shape index (κ3) is 6.98. The van der Waals surface area contributed by atoms with Crippen LogP contribution in [0.3, 0.4) is 0 Å². The van der Waals surface area contributed by atoms with Crippen LogP contribution in [0.1, 0.15) is 140 Å². The lowest BCUT2D eigenvalue weighted by atomic mass is 9.78. The van der Waals surface area contributed by atoms with Crippen LogP contribution in [0.4, 0.5) is 0 Å². The highest BCUT2D eigenvalue weighted by Gasteiger charge is 2.25. The van der Waals surface area contributed by atoms with Crippen molar-refractivity contribution in [1.29, 1.82) is 0 Å². The highest BCUT2D eigenvalue weighted by atomic mass is 15.1. The number of rotatable bonds is 12. The Morgan fingerprint density at radius 3 is 1.47 bits per heavy atom. The smallest absolute Gasteiger partial charge is 0.0659 e. The Hall–Kier alpha value is -2.36. The predicted octanol–water partition coefficient (Wildman–Crippen LogP) is 10.2. The molecule has 0 radical (unpaired) electrons. The fourth-order valence-corrected chi connectivity index (χ4v) is 7.10. The lowest BCUT2D eigenvalue weighted by Crippen LogP contribution is -2.13. The van der Waals surface area contributed by atoms with Crippen molar-refractivity contribution in [2.24, 2.45) is 11.8 Å². The number of nitrogens with zero attached hydrogens (tertiary/aromatic N) is 2. The van der Waals surface area contributed by atoms with Crippen molar-refractivity contribution in [3.63, 3.8) is 0 Å². The highest BCUT2D eigenvalue weighted by Crippen LogP contribution is 2.39. The molecule has 2 aromatic heterocycles. The number of benzene rings is 1. The minimum absolute atomic E-state index is 0.613. The van der Waals surface area contributed by atoms with E-state index in [0.717, 1.165) is 23.2 Å². The molecule has 2 saturated carbocycles. The third-order valence-electron chi connectivity index (χ3n) is 9.64. The quantitative estimate of drug-likeness (QED) is 0.236. The average Bonchev–Trinajstić information content (AvgIpc) is 3.65. The Labute approximate surface area is 230 Å². The van der Waals surface area contributed by atoms with Crippen molar-refractivity contribution >= 4 is 0 Å². The van der Waals surface area contributed by atoms with Gasteiger partial charge in [-0.3, -0.25) is 10.2 Å². The molecule has 4 nitrogen and oxygen atoms in total. The minimum atomic E-state index is 0.613. The predicted molar refractivity (Wildman–Crippen MR) is 159 cm³/mol. The number of unbranched alkanes of at least 4 members (excludes halogenated alkanes) is 4. The van der Waals surface area contributed by atoms with Crippen LogP contribution < -0.4 is 0 Å². The van der Waals surface area contributed by atoms with Gasteiger partial charge in [0.25, 0.3) is 0 Å². The lowest BCUT2D eigenvalue weighted by molar-refractivity contribution is 0.300. The summed E-state index contributed by atoms with van der Waals surface area (Å²) in [6.45, 7) is 4.60. The van der Waals surface area contributed by atoms with Gasteiger partial charge in [-0.1, -0.05) is 83.4 Å². The summed E-state index contributed by atoms with van der Waals surface area (Å²) in [7, 11) is 0. The first-order valence-electron chi connectivity index (χ1n) is 15.9.